The quantitative estimate of drug-likeness (QED) is 0.674. The molecule has 3 aromatic heterocycles. The molecule has 1 aliphatic rings. The van der Waals surface area contributed by atoms with E-state index in [0.29, 0.717) is 26.6 Å². The van der Waals surface area contributed by atoms with Crippen molar-refractivity contribution in [3.8, 4) is 0 Å². The highest BCUT2D eigenvalue weighted by Gasteiger charge is 2.36. The van der Waals surface area contributed by atoms with Crippen molar-refractivity contribution >= 4 is 51.9 Å². The van der Waals surface area contributed by atoms with Gasteiger partial charge in [-0.1, -0.05) is 0 Å². The van der Waals surface area contributed by atoms with Crippen molar-refractivity contribution in [1.29, 1.82) is 0 Å². The second kappa shape index (κ2) is 6.65. The lowest BCUT2D eigenvalue weighted by Gasteiger charge is -2.16. The molecular weight excluding hydrogens is 372 g/mol. The average molecular weight is 386 g/mol. The third kappa shape index (κ3) is 3.15. The minimum absolute atomic E-state index is 0.169. The number of furan rings is 1. The first-order chi connectivity index (χ1) is 12.5. The van der Waals surface area contributed by atoms with Crippen LogP contribution in [0.15, 0.2) is 50.0 Å². The van der Waals surface area contributed by atoms with Gasteiger partial charge in [0.2, 0.25) is 0 Å². The summed E-state index contributed by atoms with van der Waals surface area (Å²) in [6.45, 7) is 3.62. The highest BCUT2D eigenvalue weighted by atomic mass is 32.2. The number of rotatable bonds is 4. The van der Waals surface area contributed by atoms with Crippen molar-refractivity contribution in [3.63, 3.8) is 0 Å². The van der Waals surface area contributed by atoms with Crippen molar-refractivity contribution in [2.45, 2.75) is 30.1 Å². The SMILES string of the molecule is CC(C)N1C(=O)SC(=Cc2ccc(Sc3nc4ncccc4[nH]3)o2)C1=O. The second-order valence-corrected chi connectivity index (χ2v) is 7.81. The number of thioether (sulfide) groups is 1. The second-order valence-electron chi connectivity index (χ2n) is 5.82. The standard InChI is InChI=1S/C17H14N4O3S2/c1-9(2)21-15(22)12(25-17(21)23)8-10-5-6-13(24-10)26-16-19-11-4-3-7-18-14(11)20-16/h3-9H,1-2H3,(H,18,19,20). The number of fused-ring (bicyclic) bond motifs is 1. The molecule has 4 heterocycles. The van der Waals surface area contributed by atoms with E-state index >= 15 is 0 Å². The van der Waals surface area contributed by atoms with Gasteiger partial charge in [0, 0.05) is 18.3 Å². The van der Waals surface area contributed by atoms with E-state index in [1.165, 1.54) is 16.7 Å². The van der Waals surface area contributed by atoms with Crippen LogP contribution >= 0.6 is 23.5 Å². The van der Waals surface area contributed by atoms with Crippen LogP contribution in [0.2, 0.25) is 0 Å². The first-order valence-electron chi connectivity index (χ1n) is 7.87. The summed E-state index contributed by atoms with van der Waals surface area (Å²) in [5.74, 6) is 0.222. The molecule has 3 aromatic rings. The number of hydrogen-bond donors (Lipinski definition) is 1. The lowest BCUT2D eigenvalue weighted by Crippen LogP contribution is -2.34. The number of aromatic amines is 1. The third-order valence-electron chi connectivity index (χ3n) is 3.65. The van der Waals surface area contributed by atoms with Gasteiger partial charge in [0.05, 0.1) is 10.4 Å². The normalized spacial score (nSPS) is 16.6. The lowest BCUT2D eigenvalue weighted by atomic mass is 10.3. The molecule has 0 radical (unpaired) electrons. The number of pyridine rings is 1. The number of H-pyrrole nitrogens is 1. The Bertz CT molecular complexity index is 1000. The monoisotopic (exact) mass is 386 g/mol. The minimum Gasteiger partial charge on any atom is -0.450 e. The fraction of sp³-hybridized carbons (Fsp3) is 0.176. The number of amides is 2. The summed E-state index contributed by atoms with van der Waals surface area (Å²) in [4.78, 5) is 37.6. The van der Waals surface area contributed by atoms with Gasteiger partial charge >= 0.3 is 0 Å². The molecule has 0 spiro atoms. The van der Waals surface area contributed by atoms with Crippen molar-refractivity contribution in [2.24, 2.45) is 0 Å². The summed E-state index contributed by atoms with van der Waals surface area (Å²) in [6.07, 6.45) is 3.28. The predicted octanol–water partition coefficient (Wildman–Crippen LogP) is 4.15. The molecular formula is C17H14N4O3S2. The maximum absolute atomic E-state index is 12.3. The van der Waals surface area contributed by atoms with E-state index < -0.39 is 0 Å². The Morgan fingerprint density at radius 2 is 2.15 bits per heavy atom. The van der Waals surface area contributed by atoms with E-state index in [1.807, 2.05) is 26.0 Å². The highest BCUT2D eigenvalue weighted by Crippen LogP contribution is 2.35. The maximum Gasteiger partial charge on any atom is 0.293 e. The van der Waals surface area contributed by atoms with Gasteiger partial charge in [0.1, 0.15) is 5.76 Å². The van der Waals surface area contributed by atoms with Gasteiger partial charge in [-0.15, -0.1) is 0 Å². The molecule has 26 heavy (non-hydrogen) atoms. The Morgan fingerprint density at radius 3 is 2.88 bits per heavy atom. The van der Waals surface area contributed by atoms with Gasteiger partial charge in [-0.05, 0) is 61.6 Å². The number of carbonyl (C=O) groups is 2. The molecule has 0 aromatic carbocycles. The van der Waals surface area contributed by atoms with Gasteiger partial charge in [0.25, 0.3) is 11.1 Å². The van der Waals surface area contributed by atoms with Crippen LogP contribution < -0.4 is 0 Å². The minimum atomic E-state index is -0.288. The largest absolute Gasteiger partial charge is 0.450 e. The predicted molar refractivity (Wildman–Crippen MR) is 99.7 cm³/mol. The van der Waals surface area contributed by atoms with E-state index in [0.717, 1.165) is 17.3 Å². The number of imidazole rings is 1. The molecule has 2 amide bonds. The van der Waals surface area contributed by atoms with Crippen molar-refractivity contribution in [3.05, 3.63) is 41.1 Å². The molecule has 7 nitrogen and oxygen atoms in total. The van der Waals surface area contributed by atoms with Crippen LogP contribution in [-0.4, -0.2) is 37.0 Å². The summed E-state index contributed by atoms with van der Waals surface area (Å²) in [5, 5.41) is 1.03. The first-order valence-corrected chi connectivity index (χ1v) is 9.50. The molecule has 9 heteroatoms. The van der Waals surface area contributed by atoms with Crippen LogP contribution in [-0.2, 0) is 4.79 Å². The van der Waals surface area contributed by atoms with Crippen LogP contribution in [0, 0.1) is 0 Å². The molecule has 132 valence electrons. The van der Waals surface area contributed by atoms with Gasteiger partial charge < -0.3 is 9.40 Å². The molecule has 0 bridgehead atoms. The molecule has 1 aliphatic heterocycles. The Hall–Kier alpha value is -2.52. The Labute approximate surface area is 157 Å². The first kappa shape index (κ1) is 16.9. The van der Waals surface area contributed by atoms with Crippen molar-refractivity contribution in [1.82, 2.24) is 19.9 Å². The van der Waals surface area contributed by atoms with E-state index in [1.54, 1.807) is 24.4 Å². The zero-order chi connectivity index (χ0) is 18.3. The number of imide groups is 1. The average Bonchev–Trinajstić information content (AvgIpc) is 3.26. The summed E-state index contributed by atoms with van der Waals surface area (Å²) in [5.41, 5.74) is 1.49. The summed E-state index contributed by atoms with van der Waals surface area (Å²) in [7, 11) is 0. The Balaban J connectivity index is 1.53. The molecule has 4 rings (SSSR count). The van der Waals surface area contributed by atoms with E-state index in [2.05, 4.69) is 15.0 Å². The Morgan fingerprint density at radius 1 is 1.31 bits per heavy atom. The number of aromatic nitrogens is 3. The van der Waals surface area contributed by atoms with Crippen LogP contribution in [0.25, 0.3) is 17.2 Å². The fourth-order valence-electron chi connectivity index (χ4n) is 2.49. The smallest absolute Gasteiger partial charge is 0.293 e. The summed E-state index contributed by atoms with van der Waals surface area (Å²) < 4.78 is 5.74. The van der Waals surface area contributed by atoms with Crippen molar-refractivity contribution in [2.75, 3.05) is 0 Å². The van der Waals surface area contributed by atoms with E-state index in [9.17, 15) is 9.59 Å². The molecule has 0 unspecified atom stereocenters. The van der Waals surface area contributed by atoms with Gasteiger partial charge in [-0.2, -0.15) is 0 Å². The maximum atomic E-state index is 12.3. The summed E-state index contributed by atoms with van der Waals surface area (Å²) >= 11 is 2.25. The van der Waals surface area contributed by atoms with Crippen LogP contribution in [0.5, 0.6) is 0 Å². The van der Waals surface area contributed by atoms with Crippen LogP contribution in [0.1, 0.15) is 19.6 Å². The van der Waals surface area contributed by atoms with E-state index in [-0.39, 0.29) is 17.2 Å². The fourth-order valence-corrected chi connectivity index (χ4v) is 4.19. The van der Waals surface area contributed by atoms with Gasteiger partial charge in [-0.3, -0.25) is 14.5 Å². The third-order valence-corrected chi connectivity index (χ3v) is 5.34. The highest BCUT2D eigenvalue weighted by molar-refractivity contribution is 8.18. The number of hydrogen-bond acceptors (Lipinski definition) is 7. The summed E-state index contributed by atoms with van der Waals surface area (Å²) in [6, 6.07) is 7.12. The number of carbonyl (C=O) groups excluding carboxylic acids is 2. The molecule has 0 saturated carbocycles. The topological polar surface area (TPSA) is 92.1 Å². The van der Waals surface area contributed by atoms with Crippen molar-refractivity contribution < 1.29 is 14.0 Å². The number of nitrogens with one attached hydrogen (secondary N) is 1. The molecule has 0 aliphatic carbocycles. The Kier molecular flexibility index (Phi) is 4.33. The van der Waals surface area contributed by atoms with Gasteiger partial charge in [0.15, 0.2) is 15.9 Å². The lowest BCUT2D eigenvalue weighted by molar-refractivity contribution is -0.123. The molecule has 1 saturated heterocycles. The van der Waals surface area contributed by atoms with Crippen LogP contribution in [0.3, 0.4) is 0 Å². The molecule has 1 N–H and O–H groups in total. The van der Waals surface area contributed by atoms with E-state index in [4.69, 9.17) is 4.42 Å². The van der Waals surface area contributed by atoms with Gasteiger partial charge in [-0.25, -0.2) is 9.97 Å². The molecule has 1 fully saturated rings. The van der Waals surface area contributed by atoms with Crippen LogP contribution in [0.4, 0.5) is 4.79 Å². The number of nitrogens with zero attached hydrogens (tertiary/aromatic N) is 3. The zero-order valence-electron chi connectivity index (χ0n) is 13.9. The molecule has 0 atom stereocenters. The zero-order valence-corrected chi connectivity index (χ0v) is 15.6.